The predicted molar refractivity (Wildman–Crippen MR) is 115 cm³/mol. The van der Waals surface area contributed by atoms with Gasteiger partial charge in [-0.25, -0.2) is 0 Å². The molecule has 2 N–H and O–H groups in total. The Hall–Kier alpha value is -2.69. The van der Waals surface area contributed by atoms with E-state index in [0.717, 1.165) is 43.7 Å². The molecule has 2 aromatic rings. The molecule has 148 valence electrons. The summed E-state index contributed by atoms with van der Waals surface area (Å²) in [5.41, 5.74) is 2.46. The maximum absolute atomic E-state index is 6.02. The molecule has 2 aromatic carbocycles. The van der Waals surface area contributed by atoms with Gasteiger partial charge in [0.2, 0.25) is 0 Å². The minimum Gasteiger partial charge on any atom is -0.493 e. The zero-order valence-electron chi connectivity index (χ0n) is 16.6. The van der Waals surface area contributed by atoms with Crippen LogP contribution in [0, 0.1) is 5.92 Å². The zero-order chi connectivity index (χ0) is 19.2. The first-order valence-corrected chi connectivity index (χ1v) is 10.3. The van der Waals surface area contributed by atoms with Gasteiger partial charge in [-0.2, -0.15) is 0 Å². The van der Waals surface area contributed by atoms with Crippen LogP contribution in [0.3, 0.4) is 0 Å². The molecule has 5 heteroatoms. The number of anilines is 1. The van der Waals surface area contributed by atoms with Gasteiger partial charge in [-0.05, 0) is 43.4 Å². The lowest BCUT2D eigenvalue weighted by Gasteiger charge is -2.20. The van der Waals surface area contributed by atoms with Gasteiger partial charge in [-0.3, -0.25) is 4.99 Å². The van der Waals surface area contributed by atoms with Gasteiger partial charge in [0.05, 0.1) is 6.61 Å². The molecule has 0 radical (unpaired) electrons. The molecule has 0 bridgehead atoms. The first kappa shape index (κ1) is 18.7. The Morgan fingerprint density at radius 2 is 1.86 bits per heavy atom. The molecule has 1 saturated carbocycles. The Labute approximate surface area is 167 Å². The summed E-state index contributed by atoms with van der Waals surface area (Å²) < 4.78 is 6.02. The lowest BCUT2D eigenvalue weighted by molar-refractivity contribution is 0.296. The number of para-hydroxylation sites is 2. The number of guanidine groups is 1. The molecule has 28 heavy (non-hydrogen) atoms. The van der Waals surface area contributed by atoms with Gasteiger partial charge in [0.1, 0.15) is 5.75 Å². The monoisotopic (exact) mass is 378 g/mol. The first-order chi connectivity index (χ1) is 13.8. The number of hydrogen-bond donors (Lipinski definition) is 2. The van der Waals surface area contributed by atoms with Crippen LogP contribution in [0.5, 0.6) is 5.75 Å². The molecule has 5 nitrogen and oxygen atoms in total. The number of benzene rings is 2. The largest absolute Gasteiger partial charge is 0.493 e. The summed E-state index contributed by atoms with van der Waals surface area (Å²) in [6, 6.07) is 19.3. The Morgan fingerprint density at radius 1 is 1.07 bits per heavy atom. The van der Waals surface area contributed by atoms with Crippen LogP contribution in [0.2, 0.25) is 0 Å². The highest BCUT2D eigenvalue weighted by Gasteiger charge is 2.24. The van der Waals surface area contributed by atoms with Crippen molar-refractivity contribution in [2.24, 2.45) is 10.9 Å². The molecule has 1 heterocycles. The summed E-state index contributed by atoms with van der Waals surface area (Å²) in [6.07, 6.45) is 3.72. The lowest BCUT2D eigenvalue weighted by Crippen LogP contribution is -2.44. The van der Waals surface area contributed by atoms with Crippen molar-refractivity contribution in [1.82, 2.24) is 10.6 Å². The molecule has 1 aliphatic carbocycles. The van der Waals surface area contributed by atoms with E-state index in [-0.39, 0.29) is 0 Å². The normalized spacial score (nSPS) is 19.5. The number of nitrogens with one attached hydrogen (secondary N) is 2. The van der Waals surface area contributed by atoms with E-state index >= 15 is 0 Å². The van der Waals surface area contributed by atoms with Crippen molar-refractivity contribution >= 4 is 11.6 Å². The summed E-state index contributed by atoms with van der Waals surface area (Å²) >= 11 is 0. The highest BCUT2D eigenvalue weighted by Crippen LogP contribution is 2.30. The van der Waals surface area contributed by atoms with Crippen LogP contribution in [0.4, 0.5) is 5.69 Å². The van der Waals surface area contributed by atoms with E-state index in [1.807, 2.05) is 13.1 Å². The molecule has 2 aliphatic rings. The zero-order valence-corrected chi connectivity index (χ0v) is 16.6. The molecule has 1 saturated heterocycles. The standard InChI is InChI=1S/C23H30N4O/c1-24-23(26-20-13-14-27(16-20)21-8-3-2-4-9-21)25-15-19-7-5-6-10-22(19)28-17-18-11-12-18/h2-10,18,20H,11-17H2,1H3,(H2,24,25,26). The highest BCUT2D eigenvalue weighted by molar-refractivity contribution is 5.80. The van der Waals surface area contributed by atoms with Crippen molar-refractivity contribution < 1.29 is 4.74 Å². The molecular formula is C23H30N4O. The van der Waals surface area contributed by atoms with Crippen LogP contribution in [0.25, 0.3) is 0 Å². The fraction of sp³-hybridized carbons (Fsp3) is 0.435. The van der Waals surface area contributed by atoms with Crippen molar-refractivity contribution in [3.63, 3.8) is 0 Å². The number of aliphatic imine (C=N–C) groups is 1. The second-order valence-electron chi connectivity index (χ2n) is 7.70. The van der Waals surface area contributed by atoms with Crippen molar-refractivity contribution in [3.05, 3.63) is 60.2 Å². The minimum atomic E-state index is 0.396. The van der Waals surface area contributed by atoms with Crippen LogP contribution in [0.1, 0.15) is 24.8 Å². The molecule has 1 atom stereocenters. The molecule has 4 rings (SSSR count). The average Bonchev–Trinajstić information content (AvgIpc) is 3.46. The van der Waals surface area contributed by atoms with Crippen LogP contribution in [0.15, 0.2) is 59.6 Å². The Morgan fingerprint density at radius 3 is 2.64 bits per heavy atom. The summed E-state index contributed by atoms with van der Waals surface area (Å²) in [5, 5.41) is 7.02. The Kier molecular flexibility index (Phi) is 6.00. The Bertz CT molecular complexity index is 788. The Balaban J connectivity index is 1.28. The van der Waals surface area contributed by atoms with E-state index in [1.54, 1.807) is 0 Å². The summed E-state index contributed by atoms with van der Waals surface area (Å²) in [6.45, 7) is 3.60. The first-order valence-electron chi connectivity index (χ1n) is 10.3. The number of ether oxygens (including phenoxy) is 1. The van der Waals surface area contributed by atoms with E-state index in [2.05, 4.69) is 69.1 Å². The van der Waals surface area contributed by atoms with Crippen LogP contribution in [-0.4, -0.2) is 38.7 Å². The summed E-state index contributed by atoms with van der Waals surface area (Å²) in [7, 11) is 1.83. The smallest absolute Gasteiger partial charge is 0.191 e. The van der Waals surface area contributed by atoms with E-state index in [9.17, 15) is 0 Å². The molecule has 1 aliphatic heterocycles. The van der Waals surface area contributed by atoms with Gasteiger partial charge < -0.3 is 20.3 Å². The quantitative estimate of drug-likeness (QED) is 0.573. The fourth-order valence-corrected chi connectivity index (χ4v) is 3.60. The summed E-state index contributed by atoms with van der Waals surface area (Å²) in [4.78, 5) is 6.84. The van der Waals surface area contributed by atoms with E-state index in [0.29, 0.717) is 12.6 Å². The van der Waals surface area contributed by atoms with E-state index in [1.165, 1.54) is 24.1 Å². The maximum atomic E-state index is 6.02. The number of rotatable bonds is 7. The van der Waals surface area contributed by atoms with Gasteiger partial charge in [-0.15, -0.1) is 0 Å². The molecule has 1 unspecified atom stereocenters. The molecule has 0 aromatic heterocycles. The van der Waals surface area contributed by atoms with E-state index < -0.39 is 0 Å². The third kappa shape index (κ3) is 4.97. The van der Waals surface area contributed by atoms with Gasteiger partial charge >= 0.3 is 0 Å². The third-order valence-electron chi connectivity index (χ3n) is 5.46. The van der Waals surface area contributed by atoms with Gasteiger partial charge in [0, 0.05) is 44.0 Å². The third-order valence-corrected chi connectivity index (χ3v) is 5.46. The van der Waals surface area contributed by atoms with Crippen LogP contribution in [-0.2, 0) is 6.54 Å². The SMILES string of the molecule is CN=C(NCc1ccccc1OCC1CC1)NC1CCN(c2ccccc2)C1. The van der Waals surface area contributed by atoms with Gasteiger partial charge in [-0.1, -0.05) is 36.4 Å². The van der Waals surface area contributed by atoms with Gasteiger partial charge in [0.15, 0.2) is 5.96 Å². The molecule has 0 amide bonds. The molecule has 2 fully saturated rings. The predicted octanol–water partition coefficient (Wildman–Crippen LogP) is 3.42. The fourth-order valence-electron chi connectivity index (χ4n) is 3.60. The minimum absolute atomic E-state index is 0.396. The number of hydrogen-bond acceptors (Lipinski definition) is 3. The van der Waals surface area contributed by atoms with Crippen molar-refractivity contribution in [2.45, 2.75) is 31.8 Å². The number of nitrogens with zero attached hydrogens (tertiary/aromatic N) is 2. The molecule has 0 spiro atoms. The second-order valence-corrected chi connectivity index (χ2v) is 7.70. The van der Waals surface area contributed by atoms with Crippen LogP contribution < -0.4 is 20.3 Å². The van der Waals surface area contributed by atoms with Crippen molar-refractivity contribution in [3.8, 4) is 5.75 Å². The highest BCUT2D eigenvalue weighted by atomic mass is 16.5. The van der Waals surface area contributed by atoms with E-state index in [4.69, 9.17) is 4.74 Å². The van der Waals surface area contributed by atoms with Crippen molar-refractivity contribution in [1.29, 1.82) is 0 Å². The maximum Gasteiger partial charge on any atom is 0.191 e. The second kappa shape index (κ2) is 9.00. The lowest BCUT2D eigenvalue weighted by atomic mass is 10.2. The topological polar surface area (TPSA) is 48.9 Å². The molecular weight excluding hydrogens is 348 g/mol. The van der Waals surface area contributed by atoms with Gasteiger partial charge in [0.25, 0.3) is 0 Å². The summed E-state index contributed by atoms with van der Waals surface area (Å²) in [5.74, 6) is 2.58. The van der Waals surface area contributed by atoms with Crippen LogP contribution >= 0.6 is 0 Å². The average molecular weight is 379 g/mol. The van der Waals surface area contributed by atoms with Crippen molar-refractivity contribution in [2.75, 3.05) is 31.6 Å².